The van der Waals surface area contributed by atoms with Crippen molar-refractivity contribution in [3.8, 4) is 5.88 Å². The second-order valence-electron chi connectivity index (χ2n) is 3.20. The maximum Gasteiger partial charge on any atom is 0.236 e. The fraction of sp³-hybridized carbons (Fsp3) is 0.600. The predicted octanol–water partition coefficient (Wildman–Crippen LogP) is 1.68. The summed E-state index contributed by atoms with van der Waals surface area (Å²) in [4.78, 5) is 8.25. The van der Waals surface area contributed by atoms with E-state index in [1.54, 1.807) is 19.5 Å². The molecule has 0 spiro atoms. The summed E-state index contributed by atoms with van der Waals surface area (Å²) in [5.74, 6) is 0.538. The largest absolute Gasteiger partial charge is 0.480 e. The molecular formula is C10H17N3O. The van der Waals surface area contributed by atoms with Gasteiger partial charge in [-0.3, -0.25) is 4.98 Å². The average Bonchev–Trinajstić information content (AvgIpc) is 2.25. The van der Waals surface area contributed by atoms with E-state index < -0.39 is 0 Å². The van der Waals surface area contributed by atoms with Gasteiger partial charge in [-0.1, -0.05) is 19.8 Å². The Morgan fingerprint density at radius 3 is 2.79 bits per heavy atom. The number of nitrogens with zero attached hydrogens (tertiary/aromatic N) is 2. The summed E-state index contributed by atoms with van der Waals surface area (Å²) in [6, 6.07) is -0.0707. The smallest absolute Gasteiger partial charge is 0.236 e. The molecular weight excluding hydrogens is 178 g/mol. The van der Waals surface area contributed by atoms with Crippen molar-refractivity contribution in [2.75, 3.05) is 7.11 Å². The van der Waals surface area contributed by atoms with Crippen LogP contribution in [0.2, 0.25) is 0 Å². The summed E-state index contributed by atoms with van der Waals surface area (Å²) < 4.78 is 5.09. The first kappa shape index (κ1) is 10.9. The second kappa shape index (κ2) is 5.54. The molecule has 14 heavy (non-hydrogen) atoms. The molecule has 0 aliphatic rings. The van der Waals surface area contributed by atoms with Gasteiger partial charge in [-0.25, -0.2) is 4.98 Å². The van der Waals surface area contributed by atoms with E-state index in [9.17, 15) is 0 Å². The van der Waals surface area contributed by atoms with Gasteiger partial charge in [-0.15, -0.1) is 0 Å². The summed E-state index contributed by atoms with van der Waals surface area (Å²) in [7, 11) is 1.58. The first-order valence-corrected chi connectivity index (χ1v) is 4.90. The van der Waals surface area contributed by atoms with Gasteiger partial charge in [0.15, 0.2) is 0 Å². The molecule has 4 heteroatoms. The van der Waals surface area contributed by atoms with Crippen LogP contribution in [0.4, 0.5) is 0 Å². The minimum absolute atomic E-state index is 0.0707. The minimum atomic E-state index is -0.0707. The molecule has 4 nitrogen and oxygen atoms in total. The zero-order valence-electron chi connectivity index (χ0n) is 8.73. The summed E-state index contributed by atoms with van der Waals surface area (Å²) >= 11 is 0. The van der Waals surface area contributed by atoms with Crippen LogP contribution in [0.1, 0.15) is 37.9 Å². The fourth-order valence-corrected chi connectivity index (χ4v) is 1.31. The van der Waals surface area contributed by atoms with E-state index >= 15 is 0 Å². The molecule has 1 atom stereocenters. The summed E-state index contributed by atoms with van der Waals surface area (Å²) in [5.41, 5.74) is 6.73. The molecule has 0 aliphatic carbocycles. The molecule has 2 N–H and O–H groups in total. The topological polar surface area (TPSA) is 61.0 Å². The Kier molecular flexibility index (Phi) is 4.32. The van der Waals surface area contributed by atoms with Crippen LogP contribution in [0, 0.1) is 0 Å². The van der Waals surface area contributed by atoms with Gasteiger partial charge in [0.1, 0.15) is 5.69 Å². The summed E-state index contributed by atoms with van der Waals surface area (Å²) in [6.07, 6.45) is 6.40. The Bertz CT molecular complexity index is 278. The van der Waals surface area contributed by atoms with Crippen molar-refractivity contribution in [3.63, 3.8) is 0 Å². The third kappa shape index (κ3) is 2.67. The summed E-state index contributed by atoms with van der Waals surface area (Å²) in [6.45, 7) is 2.14. The summed E-state index contributed by atoms with van der Waals surface area (Å²) in [5, 5.41) is 0. The van der Waals surface area contributed by atoms with Crippen molar-refractivity contribution in [1.29, 1.82) is 0 Å². The molecule has 0 aliphatic heterocycles. The quantitative estimate of drug-likeness (QED) is 0.776. The number of nitrogens with two attached hydrogens (primary N) is 1. The van der Waals surface area contributed by atoms with Crippen molar-refractivity contribution >= 4 is 0 Å². The Morgan fingerprint density at radius 2 is 2.14 bits per heavy atom. The molecule has 1 aromatic rings. The van der Waals surface area contributed by atoms with Gasteiger partial charge < -0.3 is 10.5 Å². The monoisotopic (exact) mass is 195 g/mol. The first-order valence-electron chi connectivity index (χ1n) is 4.90. The number of methoxy groups -OCH3 is 1. The average molecular weight is 195 g/mol. The van der Waals surface area contributed by atoms with Gasteiger partial charge in [-0.05, 0) is 6.42 Å². The third-order valence-electron chi connectivity index (χ3n) is 2.10. The normalized spacial score (nSPS) is 12.5. The number of aromatic nitrogens is 2. The second-order valence-corrected chi connectivity index (χ2v) is 3.20. The highest BCUT2D eigenvalue weighted by molar-refractivity contribution is 5.20. The number of hydrogen-bond acceptors (Lipinski definition) is 4. The predicted molar refractivity (Wildman–Crippen MR) is 55.0 cm³/mol. The van der Waals surface area contributed by atoms with Crippen LogP contribution in [0.5, 0.6) is 5.88 Å². The van der Waals surface area contributed by atoms with Gasteiger partial charge in [-0.2, -0.15) is 0 Å². The van der Waals surface area contributed by atoms with Gasteiger partial charge >= 0.3 is 0 Å². The van der Waals surface area contributed by atoms with E-state index in [4.69, 9.17) is 10.5 Å². The maximum atomic E-state index is 5.97. The Morgan fingerprint density at radius 1 is 1.43 bits per heavy atom. The highest BCUT2D eigenvalue weighted by atomic mass is 16.5. The lowest BCUT2D eigenvalue weighted by Gasteiger charge is -2.12. The Hall–Kier alpha value is -1.16. The number of ether oxygens (including phenoxy) is 1. The molecule has 0 saturated carbocycles. The van der Waals surface area contributed by atoms with Crippen LogP contribution in [-0.2, 0) is 0 Å². The Balaban J connectivity index is 2.72. The van der Waals surface area contributed by atoms with Crippen molar-refractivity contribution in [2.24, 2.45) is 5.73 Å². The van der Waals surface area contributed by atoms with Crippen LogP contribution < -0.4 is 10.5 Å². The minimum Gasteiger partial charge on any atom is -0.480 e. The molecule has 1 rings (SSSR count). The molecule has 0 fully saturated rings. The number of rotatable bonds is 5. The SMILES string of the molecule is CCCCC(N)c1nccnc1OC. The number of hydrogen-bond donors (Lipinski definition) is 1. The lowest BCUT2D eigenvalue weighted by Crippen LogP contribution is -2.13. The van der Waals surface area contributed by atoms with E-state index in [2.05, 4.69) is 16.9 Å². The zero-order valence-corrected chi connectivity index (χ0v) is 8.73. The van der Waals surface area contributed by atoms with Gasteiger partial charge in [0.2, 0.25) is 5.88 Å². The molecule has 0 amide bonds. The van der Waals surface area contributed by atoms with Gasteiger partial charge in [0.05, 0.1) is 13.2 Å². The van der Waals surface area contributed by atoms with E-state index in [1.807, 2.05) is 0 Å². The highest BCUT2D eigenvalue weighted by Crippen LogP contribution is 2.21. The van der Waals surface area contributed by atoms with Crippen LogP contribution >= 0.6 is 0 Å². The molecule has 78 valence electrons. The van der Waals surface area contributed by atoms with Crippen molar-refractivity contribution in [2.45, 2.75) is 32.2 Å². The van der Waals surface area contributed by atoms with Gasteiger partial charge in [0, 0.05) is 12.4 Å². The molecule has 1 unspecified atom stereocenters. The van der Waals surface area contributed by atoms with Gasteiger partial charge in [0.25, 0.3) is 0 Å². The lowest BCUT2D eigenvalue weighted by molar-refractivity contribution is 0.382. The van der Waals surface area contributed by atoms with E-state index in [0.717, 1.165) is 25.0 Å². The van der Waals surface area contributed by atoms with Crippen LogP contribution in [0.25, 0.3) is 0 Å². The van der Waals surface area contributed by atoms with E-state index in [0.29, 0.717) is 5.88 Å². The third-order valence-corrected chi connectivity index (χ3v) is 2.10. The van der Waals surface area contributed by atoms with Crippen molar-refractivity contribution in [3.05, 3.63) is 18.1 Å². The molecule has 0 aromatic carbocycles. The van der Waals surface area contributed by atoms with Crippen molar-refractivity contribution in [1.82, 2.24) is 9.97 Å². The highest BCUT2D eigenvalue weighted by Gasteiger charge is 2.13. The fourth-order valence-electron chi connectivity index (χ4n) is 1.31. The van der Waals surface area contributed by atoms with Crippen LogP contribution in [0.15, 0.2) is 12.4 Å². The van der Waals surface area contributed by atoms with E-state index in [1.165, 1.54) is 0 Å². The molecule has 0 saturated heterocycles. The van der Waals surface area contributed by atoms with Crippen LogP contribution in [0.3, 0.4) is 0 Å². The van der Waals surface area contributed by atoms with E-state index in [-0.39, 0.29) is 6.04 Å². The molecule has 1 heterocycles. The molecule has 1 aromatic heterocycles. The van der Waals surface area contributed by atoms with Crippen molar-refractivity contribution < 1.29 is 4.74 Å². The first-order chi connectivity index (χ1) is 6.79. The Labute approximate surface area is 84.5 Å². The molecule has 0 bridgehead atoms. The zero-order chi connectivity index (χ0) is 10.4. The molecule has 0 radical (unpaired) electrons. The number of unbranched alkanes of at least 4 members (excludes halogenated alkanes) is 1. The standard InChI is InChI=1S/C10H17N3O/c1-3-4-5-8(11)9-10(14-2)13-7-6-12-9/h6-8H,3-5,11H2,1-2H3. The van der Waals surface area contributed by atoms with Crippen LogP contribution in [-0.4, -0.2) is 17.1 Å². The maximum absolute atomic E-state index is 5.97. The lowest BCUT2D eigenvalue weighted by atomic mass is 10.1.